The third-order valence-corrected chi connectivity index (χ3v) is 5.49. The molecule has 1 aromatic heterocycles. The second-order valence-corrected chi connectivity index (χ2v) is 7.40. The lowest BCUT2D eigenvalue weighted by atomic mass is 9.99. The van der Waals surface area contributed by atoms with E-state index in [1.54, 1.807) is 10.8 Å². The Morgan fingerprint density at radius 3 is 2.43 bits per heavy atom. The van der Waals surface area contributed by atoms with E-state index in [0.717, 1.165) is 16.7 Å². The van der Waals surface area contributed by atoms with E-state index in [-0.39, 0.29) is 11.6 Å². The van der Waals surface area contributed by atoms with Crippen LogP contribution in [0.2, 0.25) is 0 Å². The van der Waals surface area contributed by atoms with Gasteiger partial charge in [-0.1, -0.05) is 92.0 Å². The normalized spacial score (nSPS) is 12.4. The van der Waals surface area contributed by atoms with Crippen molar-refractivity contribution in [1.29, 1.82) is 0 Å². The van der Waals surface area contributed by atoms with Gasteiger partial charge in [-0.15, -0.1) is 0 Å². The number of allylic oxidation sites excluding steroid dienone is 4. The third kappa shape index (κ3) is 3.62. The average Bonchev–Trinajstić information content (AvgIpc) is 2.79. The highest BCUT2D eigenvalue weighted by Crippen LogP contribution is 2.24. The smallest absolute Gasteiger partial charge is 0.267 e. The molecule has 3 aromatic carbocycles. The Morgan fingerprint density at radius 1 is 1.00 bits per heavy atom. The summed E-state index contributed by atoms with van der Waals surface area (Å²) < 4.78 is 1.55. The van der Waals surface area contributed by atoms with E-state index in [1.807, 2.05) is 49.4 Å². The molecule has 0 spiro atoms. The van der Waals surface area contributed by atoms with Gasteiger partial charge in [-0.05, 0) is 34.9 Å². The summed E-state index contributed by atoms with van der Waals surface area (Å²) in [7, 11) is 0. The minimum atomic E-state index is -0.260. The summed E-state index contributed by atoms with van der Waals surface area (Å²) >= 11 is 0. The summed E-state index contributed by atoms with van der Waals surface area (Å²) in [5.41, 5.74) is 2.77. The van der Waals surface area contributed by atoms with E-state index >= 15 is 0 Å². The summed E-state index contributed by atoms with van der Waals surface area (Å²) in [6.07, 6.45) is 6.03. The first-order valence-electron chi connectivity index (χ1n) is 10.0. The molecule has 0 aliphatic rings. The van der Waals surface area contributed by atoms with Gasteiger partial charge >= 0.3 is 0 Å². The number of nitrogens with zero attached hydrogens (tertiary/aromatic N) is 2. The van der Waals surface area contributed by atoms with Gasteiger partial charge in [0.15, 0.2) is 0 Å². The number of benzene rings is 3. The van der Waals surface area contributed by atoms with Crippen LogP contribution in [-0.2, 0) is 6.42 Å². The van der Waals surface area contributed by atoms with Crippen LogP contribution < -0.4 is 5.56 Å². The Morgan fingerprint density at radius 2 is 1.67 bits per heavy atom. The number of hydrogen-bond acceptors (Lipinski definition) is 2. The molecule has 1 heterocycles. The van der Waals surface area contributed by atoms with Crippen molar-refractivity contribution in [1.82, 2.24) is 9.78 Å². The summed E-state index contributed by atoms with van der Waals surface area (Å²) in [6.45, 7) is 9.75. The Bertz CT molecular complexity index is 1340. The van der Waals surface area contributed by atoms with Gasteiger partial charge in [0.1, 0.15) is 0 Å². The SMILES string of the molecule is C=CC=CC(=C)C(C)n1nc(Cc2cccc3ccccc23)c2ccccc2c1=O. The van der Waals surface area contributed by atoms with Crippen LogP contribution in [0.1, 0.15) is 24.2 Å². The van der Waals surface area contributed by atoms with E-state index in [0.29, 0.717) is 11.8 Å². The lowest BCUT2D eigenvalue weighted by molar-refractivity contribution is 0.529. The maximum atomic E-state index is 13.2. The second-order valence-electron chi connectivity index (χ2n) is 7.40. The van der Waals surface area contributed by atoms with Gasteiger partial charge in [-0.25, -0.2) is 4.68 Å². The van der Waals surface area contributed by atoms with Crippen molar-refractivity contribution in [3.63, 3.8) is 0 Å². The van der Waals surface area contributed by atoms with Crippen molar-refractivity contribution >= 4 is 21.5 Å². The Balaban J connectivity index is 1.88. The maximum Gasteiger partial charge on any atom is 0.275 e. The first-order chi connectivity index (χ1) is 14.6. The Kier molecular flexibility index (Phi) is 5.44. The molecule has 4 aromatic rings. The molecule has 0 bridgehead atoms. The molecular weight excluding hydrogens is 368 g/mol. The number of fused-ring (bicyclic) bond motifs is 2. The first-order valence-corrected chi connectivity index (χ1v) is 10.0. The van der Waals surface area contributed by atoms with Gasteiger partial charge in [-0.3, -0.25) is 4.79 Å². The lowest BCUT2D eigenvalue weighted by Gasteiger charge is -2.18. The Hall–Kier alpha value is -3.72. The highest BCUT2D eigenvalue weighted by atomic mass is 16.1. The molecule has 0 aliphatic heterocycles. The van der Waals surface area contributed by atoms with Crippen molar-refractivity contribution < 1.29 is 0 Å². The molecule has 148 valence electrons. The van der Waals surface area contributed by atoms with Crippen molar-refractivity contribution in [2.45, 2.75) is 19.4 Å². The molecular formula is C27H24N2O. The lowest BCUT2D eigenvalue weighted by Crippen LogP contribution is -2.28. The molecule has 4 rings (SSSR count). The standard InChI is InChI=1S/C27H24N2O/c1-4-5-11-19(2)20(3)29-27(30)25-17-9-8-16-24(25)26(28-29)18-22-14-10-13-21-12-6-7-15-23(21)22/h4-17,20H,1-2,18H2,3H3. The van der Waals surface area contributed by atoms with Crippen molar-refractivity contribution in [3.05, 3.63) is 125 Å². The van der Waals surface area contributed by atoms with E-state index in [9.17, 15) is 4.79 Å². The van der Waals surface area contributed by atoms with Crippen molar-refractivity contribution in [2.24, 2.45) is 0 Å². The molecule has 0 radical (unpaired) electrons. The van der Waals surface area contributed by atoms with Crippen molar-refractivity contribution in [2.75, 3.05) is 0 Å². The quantitative estimate of drug-likeness (QED) is 0.377. The van der Waals surface area contributed by atoms with Crippen LogP contribution in [-0.4, -0.2) is 9.78 Å². The highest BCUT2D eigenvalue weighted by Gasteiger charge is 2.16. The predicted octanol–water partition coefficient (Wildman–Crippen LogP) is 6.00. The number of hydrogen-bond donors (Lipinski definition) is 0. The van der Waals surface area contributed by atoms with Gasteiger partial charge in [0.25, 0.3) is 5.56 Å². The maximum absolute atomic E-state index is 13.2. The van der Waals surface area contributed by atoms with Crippen LogP contribution in [0.15, 0.2) is 108 Å². The molecule has 1 atom stereocenters. The molecule has 0 fully saturated rings. The topological polar surface area (TPSA) is 34.9 Å². The zero-order valence-corrected chi connectivity index (χ0v) is 17.1. The van der Waals surface area contributed by atoms with Crippen LogP contribution in [0.5, 0.6) is 0 Å². The number of aromatic nitrogens is 2. The molecule has 30 heavy (non-hydrogen) atoms. The average molecular weight is 393 g/mol. The largest absolute Gasteiger partial charge is 0.275 e. The van der Waals surface area contributed by atoms with E-state index in [2.05, 4.69) is 49.6 Å². The monoisotopic (exact) mass is 392 g/mol. The van der Waals surface area contributed by atoms with Gasteiger partial charge < -0.3 is 0 Å². The zero-order chi connectivity index (χ0) is 21.1. The fourth-order valence-electron chi connectivity index (χ4n) is 3.78. The molecule has 0 saturated carbocycles. The molecule has 0 amide bonds. The van der Waals surface area contributed by atoms with Gasteiger partial charge in [0, 0.05) is 11.8 Å². The fourth-order valence-corrected chi connectivity index (χ4v) is 3.78. The molecule has 3 heteroatoms. The van der Waals surface area contributed by atoms with Gasteiger partial charge in [-0.2, -0.15) is 5.10 Å². The first kappa shape index (κ1) is 19.6. The van der Waals surface area contributed by atoms with Crippen molar-refractivity contribution in [3.8, 4) is 0 Å². The van der Waals surface area contributed by atoms with E-state index in [4.69, 9.17) is 5.10 Å². The summed E-state index contributed by atoms with van der Waals surface area (Å²) in [6, 6.07) is 22.1. The van der Waals surface area contributed by atoms with Crippen LogP contribution in [0.4, 0.5) is 0 Å². The fraction of sp³-hybridized carbons (Fsp3) is 0.111. The van der Waals surface area contributed by atoms with Gasteiger partial charge in [0.2, 0.25) is 0 Å². The summed E-state index contributed by atoms with van der Waals surface area (Å²) in [5, 5.41) is 8.79. The van der Waals surface area contributed by atoms with E-state index < -0.39 is 0 Å². The summed E-state index contributed by atoms with van der Waals surface area (Å²) in [4.78, 5) is 13.2. The summed E-state index contributed by atoms with van der Waals surface area (Å²) in [5.74, 6) is 0. The molecule has 0 saturated heterocycles. The molecule has 3 nitrogen and oxygen atoms in total. The zero-order valence-electron chi connectivity index (χ0n) is 17.1. The molecule has 0 N–H and O–H groups in total. The van der Waals surface area contributed by atoms with Crippen LogP contribution >= 0.6 is 0 Å². The minimum Gasteiger partial charge on any atom is -0.267 e. The highest BCUT2D eigenvalue weighted by molar-refractivity contribution is 5.88. The van der Waals surface area contributed by atoms with E-state index in [1.165, 1.54) is 16.3 Å². The van der Waals surface area contributed by atoms with Crippen LogP contribution in [0.3, 0.4) is 0 Å². The molecule has 1 unspecified atom stereocenters. The van der Waals surface area contributed by atoms with Gasteiger partial charge in [0.05, 0.1) is 17.1 Å². The minimum absolute atomic E-state index is 0.104. The second kappa shape index (κ2) is 8.34. The van der Waals surface area contributed by atoms with Crippen LogP contribution in [0, 0.1) is 0 Å². The molecule has 0 aliphatic carbocycles. The van der Waals surface area contributed by atoms with Crippen LogP contribution in [0.25, 0.3) is 21.5 Å². The number of rotatable bonds is 6. The Labute approximate surface area is 176 Å². The predicted molar refractivity (Wildman–Crippen MR) is 126 cm³/mol. The third-order valence-electron chi connectivity index (χ3n) is 5.49.